The van der Waals surface area contributed by atoms with E-state index in [9.17, 15) is 8.78 Å². The van der Waals surface area contributed by atoms with Crippen LogP contribution >= 0.6 is 0 Å². The molecule has 112 valence electrons. The second-order valence-electron chi connectivity index (χ2n) is 4.65. The lowest BCUT2D eigenvalue weighted by molar-refractivity contribution is 0.318. The summed E-state index contributed by atoms with van der Waals surface area (Å²) in [6, 6.07) is 2.04. The Morgan fingerprint density at radius 3 is 2.52 bits per heavy atom. The van der Waals surface area contributed by atoms with Crippen molar-refractivity contribution in [3.8, 4) is 0 Å². The number of anilines is 1. The van der Waals surface area contributed by atoms with Crippen LogP contribution in [-0.2, 0) is 13.6 Å². The maximum atomic E-state index is 14.1. The molecule has 0 saturated heterocycles. The molecule has 0 unspecified atom stereocenters. The number of oxime groups is 1. The zero-order chi connectivity index (χ0) is 15.6. The van der Waals surface area contributed by atoms with Gasteiger partial charge in [-0.15, -0.1) is 0 Å². The van der Waals surface area contributed by atoms with Gasteiger partial charge in [0.25, 0.3) is 0 Å². The Hall–Kier alpha value is -2.64. The van der Waals surface area contributed by atoms with Crippen molar-refractivity contribution in [2.45, 2.75) is 6.54 Å². The van der Waals surface area contributed by atoms with Crippen LogP contribution in [0.1, 0.15) is 11.1 Å². The SMILES string of the molecule is CN(Cc1cnn(C)c1)c1c(F)cc(C(N)=NO)cc1F. The molecule has 0 radical (unpaired) electrons. The maximum Gasteiger partial charge on any atom is 0.170 e. The Labute approximate surface area is 120 Å². The molecule has 0 saturated carbocycles. The van der Waals surface area contributed by atoms with Crippen molar-refractivity contribution in [3.63, 3.8) is 0 Å². The fourth-order valence-electron chi connectivity index (χ4n) is 2.04. The molecule has 0 aliphatic carbocycles. The van der Waals surface area contributed by atoms with Crippen LogP contribution in [0.15, 0.2) is 29.7 Å². The maximum absolute atomic E-state index is 14.1. The number of aryl methyl sites for hydroxylation is 1. The first-order valence-electron chi connectivity index (χ1n) is 6.08. The van der Waals surface area contributed by atoms with Gasteiger partial charge in [0.15, 0.2) is 5.84 Å². The van der Waals surface area contributed by atoms with Gasteiger partial charge in [0.1, 0.15) is 17.3 Å². The number of nitrogens with two attached hydrogens (primary N) is 1. The minimum atomic E-state index is -0.789. The fourth-order valence-corrected chi connectivity index (χ4v) is 2.04. The monoisotopic (exact) mass is 295 g/mol. The Morgan fingerprint density at radius 2 is 2.05 bits per heavy atom. The van der Waals surface area contributed by atoms with Crippen molar-refractivity contribution >= 4 is 11.5 Å². The lowest BCUT2D eigenvalue weighted by Crippen LogP contribution is -2.20. The molecule has 2 rings (SSSR count). The first-order valence-corrected chi connectivity index (χ1v) is 6.08. The number of halogens is 2. The number of benzene rings is 1. The Balaban J connectivity index is 2.31. The van der Waals surface area contributed by atoms with E-state index in [1.54, 1.807) is 31.2 Å². The van der Waals surface area contributed by atoms with Crippen molar-refractivity contribution in [2.75, 3.05) is 11.9 Å². The highest BCUT2D eigenvalue weighted by Crippen LogP contribution is 2.25. The third-order valence-corrected chi connectivity index (χ3v) is 2.98. The molecule has 3 N–H and O–H groups in total. The van der Waals surface area contributed by atoms with Crippen LogP contribution in [0.25, 0.3) is 0 Å². The number of rotatable bonds is 4. The topological polar surface area (TPSA) is 79.7 Å². The standard InChI is InChI=1S/C13H15F2N5O/c1-19(6-8-5-17-20(2)7-8)12-10(14)3-9(4-11(12)15)13(16)18-21/h3-5,7,21H,6H2,1-2H3,(H2,16,18). The molecular formula is C13H15F2N5O. The van der Waals surface area contributed by atoms with E-state index in [4.69, 9.17) is 10.9 Å². The summed E-state index contributed by atoms with van der Waals surface area (Å²) in [5.41, 5.74) is 5.94. The van der Waals surface area contributed by atoms with Gasteiger partial charge >= 0.3 is 0 Å². The zero-order valence-electron chi connectivity index (χ0n) is 11.6. The van der Waals surface area contributed by atoms with Gasteiger partial charge < -0.3 is 15.8 Å². The van der Waals surface area contributed by atoms with Crippen LogP contribution in [0, 0.1) is 11.6 Å². The van der Waals surface area contributed by atoms with E-state index < -0.39 is 11.6 Å². The normalized spacial score (nSPS) is 11.7. The Morgan fingerprint density at radius 1 is 1.43 bits per heavy atom. The van der Waals surface area contributed by atoms with Crippen LogP contribution in [-0.4, -0.2) is 27.9 Å². The van der Waals surface area contributed by atoms with Gasteiger partial charge in [-0.2, -0.15) is 5.10 Å². The summed E-state index contributed by atoms with van der Waals surface area (Å²) in [4.78, 5) is 1.43. The van der Waals surface area contributed by atoms with E-state index in [0.717, 1.165) is 17.7 Å². The predicted octanol–water partition coefficient (Wildman–Crippen LogP) is 1.43. The molecule has 1 aromatic carbocycles. The Bertz CT molecular complexity index is 660. The van der Waals surface area contributed by atoms with Gasteiger partial charge in [-0.05, 0) is 12.1 Å². The minimum absolute atomic E-state index is 0.0222. The molecule has 0 atom stereocenters. The highest BCUT2D eigenvalue weighted by Gasteiger charge is 2.17. The summed E-state index contributed by atoms with van der Waals surface area (Å²) in [5.74, 6) is -1.93. The molecule has 0 bridgehead atoms. The van der Waals surface area contributed by atoms with Crippen LogP contribution in [0.2, 0.25) is 0 Å². The molecule has 8 heteroatoms. The van der Waals surface area contributed by atoms with Crippen LogP contribution < -0.4 is 10.6 Å². The molecule has 2 aromatic rings. The van der Waals surface area contributed by atoms with Gasteiger partial charge in [0.05, 0.1) is 6.20 Å². The minimum Gasteiger partial charge on any atom is -0.409 e. The molecule has 0 spiro atoms. The number of aromatic nitrogens is 2. The third-order valence-electron chi connectivity index (χ3n) is 2.98. The number of nitrogens with zero attached hydrogens (tertiary/aromatic N) is 4. The van der Waals surface area contributed by atoms with E-state index in [1.807, 2.05) is 0 Å². The molecule has 6 nitrogen and oxygen atoms in total. The molecule has 0 aliphatic heterocycles. The summed E-state index contributed by atoms with van der Waals surface area (Å²) in [5, 5.41) is 15.3. The van der Waals surface area contributed by atoms with Crippen molar-refractivity contribution in [1.82, 2.24) is 9.78 Å². The molecule has 1 heterocycles. The summed E-state index contributed by atoms with van der Waals surface area (Å²) >= 11 is 0. The molecule has 0 fully saturated rings. The van der Waals surface area contributed by atoms with Crippen molar-refractivity contribution in [3.05, 3.63) is 47.3 Å². The number of amidine groups is 1. The summed E-state index contributed by atoms with van der Waals surface area (Å²) in [6.07, 6.45) is 3.38. The predicted molar refractivity (Wildman–Crippen MR) is 74.2 cm³/mol. The van der Waals surface area contributed by atoms with Crippen LogP contribution in [0.4, 0.5) is 14.5 Å². The Kier molecular flexibility index (Phi) is 4.06. The smallest absolute Gasteiger partial charge is 0.170 e. The largest absolute Gasteiger partial charge is 0.409 e. The van der Waals surface area contributed by atoms with E-state index in [0.29, 0.717) is 6.54 Å². The average molecular weight is 295 g/mol. The first kappa shape index (κ1) is 14.8. The molecule has 21 heavy (non-hydrogen) atoms. The second-order valence-corrected chi connectivity index (χ2v) is 4.65. The van der Waals surface area contributed by atoms with Crippen molar-refractivity contribution in [1.29, 1.82) is 0 Å². The van der Waals surface area contributed by atoms with Gasteiger partial charge in [-0.3, -0.25) is 4.68 Å². The van der Waals surface area contributed by atoms with Gasteiger partial charge in [0, 0.05) is 38.0 Å². The highest BCUT2D eigenvalue weighted by molar-refractivity contribution is 5.97. The molecular weight excluding hydrogens is 280 g/mol. The van der Waals surface area contributed by atoms with E-state index in [1.165, 1.54) is 4.90 Å². The first-order chi connectivity index (χ1) is 9.92. The van der Waals surface area contributed by atoms with E-state index in [2.05, 4.69) is 10.3 Å². The van der Waals surface area contributed by atoms with Gasteiger partial charge in [-0.25, -0.2) is 8.78 Å². The lowest BCUT2D eigenvalue weighted by atomic mass is 10.1. The quantitative estimate of drug-likeness (QED) is 0.387. The van der Waals surface area contributed by atoms with Crippen molar-refractivity contribution < 1.29 is 14.0 Å². The fraction of sp³-hybridized carbons (Fsp3) is 0.231. The molecule has 1 aromatic heterocycles. The summed E-state index contributed by atoms with van der Waals surface area (Å²) in [6.45, 7) is 0.296. The van der Waals surface area contributed by atoms with Crippen LogP contribution in [0.3, 0.4) is 0 Å². The zero-order valence-corrected chi connectivity index (χ0v) is 11.6. The summed E-state index contributed by atoms with van der Waals surface area (Å²) < 4.78 is 29.8. The van der Waals surface area contributed by atoms with Gasteiger partial charge in [0.2, 0.25) is 0 Å². The molecule has 0 amide bonds. The third kappa shape index (κ3) is 3.10. The lowest BCUT2D eigenvalue weighted by Gasteiger charge is -2.20. The van der Waals surface area contributed by atoms with Crippen molar-refractivity contribution in [2.24, 2.45) is 17.9 Å². The number of hydrogen-bond acceptors (Lipinski definition) is 4. The second kappa shape index (κ2) is 5.78. The van der Waals surface area contributed by atoms with E-state index >= 15 is 0 Å². The highest BCUT2D eigenvalue weighted by atomic mass is 19.1. The van der Waals surface area contributed by atoms with Gasteiger partial charge in [-0.1, -0.05) is 5.16 Å². The number of hydrogen-bond donors (Lipinski definition) is 2. The summed E-state index contributed by atoms with van der Waals surface area (Å²) in [7, 11) is 3.33. The average Bonchev–Trinajstić information content (AvgIpc) is 2.82. The molecule has 0 aliphatic rings. The van der Waals surface area contributed by atoms with Crippen LogP contribution in [0.5, 0.6) is 0 Å². The van der Waals surface area contributed by atoms with E-state index in [-0.39, 0.29) is 17.1 Å².